The predicted octanol–water partition coefficient (Wildman–Crippen LogP) is 4.56. The maximum Gasteiger partial charge on any atom is 0.252 e. The van der Waals surface area contributed by atoms with Crippen LogP contribution in [0.25, 0.3) is 0 Å². The Morgan fingerprint density at radius 3 is 2.79 bits per heavy atom. The number of hydrogen-bond donors (Lipinski definition) is 1. The molecule has 0 aliphatic carbocycles. The summed E-state index contributed by atoms with van der Waals surface area (Å²) >= 11 is 3.26. The van der Waals surface area contributed by atoms with Crippen molar-refractivity contribution in [2.45, 2.75) is 17.6 Å². The van der Waals surface area contributed by atoms with Gasteiger partial charge in [-0.1, -0.05) is 18.2 Å². The number of ether oxygens (including phenoxy) is 2. The fraction of sp³-hybridized carbons (Fsp3) is 0.238. The Hall–Kier alpha value is -2.51. The molecule has 0 fully saturated rings. The molecule has 0 radical (unpaired) electrons. The van der Waals surface area contributed by atoms with Crippen molar-refractivity contribution >= 4 is 29.0 Å². The van der Waals surface area contributed by atoms with Gasteiger partial charge in [0, 0.05) is 22.1 Å². The second kappa shape index (κ2) is 10.1. The summed E-state index contributed by atoms with van der Waals surface area (Å²) in [6, 6.07) is 15.0. The van der Waals surface area contributed by atoms with E-state index in [-0.39, 0.29) is 5.91 Å². The number of thioether (sulfide) groups is 1. The van der Waals surface area contributed by atoms with E-state index in [2.05, 4.69) is 15.7 Å². The highest BCUT2D eigenvalue weighted by Crippen LogP contribution is 2.26. The first kappa shape index (κ1) is 20.2. The lowest BCUT2D eigenvalue weighted by molar-refractivity contribution is 0.0944. The van der Waals surface area contributed by atoms with E-state index in [1.807, 2.05) is 55.5 Å². The summed E-state index contributed by atoms with van der Waals surface area (Å²) in [6.07, 6.45) is 0. The topological polar surface area (TPSA) is 60.5 Å². The van der Waals surface area contributed by atoms with Crippen LogP contribution in [0.5, 0.6) is 11.5 Å². The molecular formula is C21H22N2O3S2. The van der Waals surface area contributed by atoms with Gasteiger partial charge in [-0.05, 0) is 31.2 Å². The van der Waals surface area contributed by atoms with E-state index in [1.54, 1.807) is 30.2 Å². The smallest absolute Gasteiger partial charge is 0.252 e. The van der Waals surface area contributed by atoms with E-state index in [4.69, 9.17) is 9.47 Å². The third-order valence-corrected chi connectivity index (χ3v) is 5.80. The Labute approximate surface area is 173 Å². The minimum atomic E-state index is -0.105. The van der Waals surface area contributed by atoms with Gasteiger partial charge in [0.1, 0.15) is 18.1 Å². The van der Waals surface area contributed by atoms with Crippen LogP contribution >= 0.6 is 23.1 Å². The first-order valence-electron chi connectivity index (χ1n) is 8.83. The zero-order chi connectivity index (χ0) is 19.8. The van der Waals surface area contributed by atoms with Crippen LogP contribution in [0.3, 0.4) is 0 Å². The molecule has 1 N–H and O–H groups in total. The number of benzene rings is 2. The molecule has 3 rings (SSSR count). The van der Waals surface area contributed by atoms with Gasteiger partial charge in [-0.25, -0.2) is 4.98 Å². The van der Waals surface area contributed by atoms with E-state index in [9.17, 15) is 4.79 Å². The SMILES string of the molecule is COc1cccc(OCCNC(=O)c2ccccc2SCc2csc(C)n2)c1. The summed E-state index contributed by atoms with van der Waals surface area (Å²) in [7, 11) is 1.62. The van der Waals surface area contributed by atoms with Gasteiger partial charge in [0.2, 0.25) is 0 Å². The molecule has 1 heterocycles. The van der Waals surface area contributed by atoms with Crippen molar-refractivity contribution in [3.8, 4) is 11.5 Å². The van der Waals surface area contributed by atoms with Crippen molar-refractivity contribution in [3.05, 3.63) is 70.2 Å². The molecule has 0 saturated heterocycles. The summed E-state index contributed by atoms with van der Waals surface area (Å²) in [5.41, 5.74) is 1.70. The average Bonchev–Trinajstić information content (AvgIpc) is 3.15. The van der Waals surface area contributed by atoms with Crippen LogP contribution in [0.1, 0.15) is 21.1 Å². The fourth-order valence-electron chi connectivity index (χ4n) is 2.53. The minimum absolute atomic E-state index is 0.105. The molecular weight excluding hydrogens is 392 g/mol. The number of thiazole rings is 1. The van der Waals surface area contributed by atoms with Gasteiger partial charge in [0.15, 0.2) is 0 Å². The number of carbonyl (C=O) groups excluding carboxylic acids is 1. The van der Waals surface area contributed by atoms with E-state index in [0.29, 0.717) is 24.5 Å². The fourth-order valence-corrected chi connectivity index (χ4v) is 4.19. The van der Waals surface area contributed by atoms with E-state index in [1.165, 1.54) is 0 Å². The molecule has 28 heavy (non-hydrogen) atoms. The van der Waals surface area contributed by atoms with Gasteiger partial charge < -0.3 is 14.8 Å². The van der Waals surface area contributed by atoms with E-state index in [0.717, 1.165) is 27.1 Å². The number of nitrogens with zero attached hydrogens (tertiary/aromatic N) is 1. The number of amides is 1. The molecule has 146 valence electrons. The molecule has 0 spiro atoms. The molecule has 0 unspecified atom stereocenters. The molecule has 1 amide bonds. The van der Waals surface area contributed by atoms with Crippen LogP contribution < -0.4 is 14.8 Å². The Morgan fingerprint density at radius 1 is 1.18 bits per heavy atom. The van der Waals surface area contributed by atoms with E-state index >= 15 is 0 Å². The maximum absolute atomic E-state index is 12.6. The standard InChI is InChI=1S/C21H22N2O3S2/c1-15-23-16(13-27-15)14-28-20-9-4-3-8-19(20)21(24)22-10-11-26-18-7-5-6-17(12-18)25-2/h3-9,12-13H,10-11,14H2,1-2H3,(H,22,24). The summed E-state index contributed by atoms with van der Waals surface area (Å²) in [5.74, 6) is 2.09. The average molecular weight is 415 g/mol. The van der Waals surface area contributed by atoms with Crippen LogP contribution in [0.2, 0.25) is 0 Å². The Morgan fingerprint density at radius 2 is 2.00 bits per heavy atom. The number of carbonyl (C=O) groups is 1. The number of aromatic nitrogens is 1. The van der Waals surface area contributed by atoms with Gasteiger partial charge in [-0.2, -0.15) is 0 Å². The number of aryl methyl sites for hydroxylation is 1. The van der Waals surface area contributed by atoms with Crippen molar-refractivity contribution in [2.75, 3.05) is 20.3 Å². The lowest BCUT2D eigenvalue weighted by Gasteiger charge is -2.11. The summed E-state index contributed by atoms with van der Waals surface area (Å²) in [4.78, 5) is 18.0. The quantitative estimate of drug-likeness (QED) is 0.411. The molecule has 0 saturated carbocycles. The largest absolute Gasteiger partial charge is 0.497 e. The third kappa shape index (κ3) is 5.74. The first-order valence-corrected chi connectivity index (χ1v) is 10.7. The molecule has 7 heteroatoms. The van der Waals surface area contributed by atoms with Crippen molar-refractivity contribution in [1.29, 1.82) is 0 Å². The zero-order valence-corrected chi connectivity index (χ0v) is 17.4. The molecule has 1 aromatic heterocycles. The number of nitrogens with one attached hydrogen (secondary N) is 1. The van der Waals surface area contributed by atoms with Crippen molar-refractivity contribution < 1.29 is 14.3 Å². The van der Waals surface area contributed by atoms with Crippen molar-refractivity contribution in [3.63, 3.8) is 0 Å². The van der Waals surface area contributed by atoms with Crippen LogP contribution in [0, 0.1) is 6.92 Å². The highest BCUT2D eigenvalue weighted by atomic mass is 32.2. The Kier molecular flexibility index (Phi) is 7.33. The molecule has 5 nitrogen and oxygen atoms in total. The van der Waals surface area contributed by atoms with Gasteiger partial charge >= 0.3 is 0 Å². The van der Waals surface area contributed by atoms with Crippen molar-refractivity contribution in [2.24, 2.45) is 0 Å². The highest BCUT2D eigenvalue weighted by Gasteiger charge is 2.11. The van der Waals surface area contributed by atoms with Crippen LogP contribution in [0.15, 0.2) is 58.8 Å². The molecule has 0 aliphatic rings. The summed E-state index contributed by atoms with van der Waals surface area (Å²) in [5, 5.41) is 6.03. The van der Waals surface area contributed by atoms with E-state index < -0.39 is 0 Å². The second-order valence-electron chi connectivity index (χ2n) is 5.93. The Balaban J connectivity index is 1.51. The Bertz CT molecular complexity index is 927. The monoisotopic (exact) mass is 414 g/mol. The highest BCUT2D eigenvalue weighted by molar-refractivity contribution is 7.98. The lowest BCUT2D eigenvalue weighted by Crippen LogP contribution is -2.28. The number of methoxy groups -OCH3 is 1. The number of hydrogen-bond acceptors (Lipinski definition) is 6. The normalized spacial score (nSPS) is 10.5. The van der Waals surface area contributed by atoms with Gasteiger partial charge in [-0.15, -0.1) is 23.1 Å². The van der Waals surface area contributed by atoms with Gasteiger partial charge in [-0.3, -0.25) is 4.79 Å². The zero-order valence-electron chi connectivity index (χ0n) is 15.8. The molecule has 2 aromatic carbocycles. The second-order valence-corrected chi connectivity index (χ2v) is 8.01. The predicted molar refractivity (Wildman–Crippen MR) is 114 cm³/mol. The summed E-state index contributed by atoms with van der Waals surface area (Å²) in [6.45, 7) is 2.79. The summed E-state index contributed by atoms with van der Waals surface area (Å²) < 4.78 is 10.8. The number of rotatable bonds is 9. The van der Waals surface area contributed by atoms with Crippen LogP contribution in [-0.4, -0.2) is 31.2 Å². The molecule has 0 atom stereocenters. The van der Waals surface area contributed by atoms with Gasteiger partial charge in [0.25, 0.3) is 5.91 Å². The molecule has 0 bridgehead atoms. The van der Waals surface area contributed by atoms with Crippen molar-refractivity contribution in [1.82, 2.24) is 10.3 Å². The lowest BCUT2D eigenvalue weighted by atomic mass is 10.2. The minimum Gasteiger partial charge on any atom is -0.497 e. The molecule has 0 aliphatic heterocycles. The van der Waals surface area contributed by atoms with Crippen LogP contribution in [0.4, 0.5) is 0 Å². The first-order chi connectivity index (χ1) is 13.7. The maximum atomic E-state index is 12.6. The third-order valence-electron chi connectivity index (χ3n) is 3.87. The van der Waals surface area contributed by atoms with Crippen LogP contribution in [-0.2, 0) is 5.75 Å². The molecule has 3 aromatic rings. The van der Waals surface area contributed by atoms with Gasteiger partial charge in [0.05, 0.1) is 29.9 Å².